The largest absolute Gasteiger partial charge is 0.492 e. The molecule has 102 valence electrons. The zero-order valence-electron chi connectivity index (χ0n) is 10.5. The molecular weight excluding hydrogens is 266 g/mol. The van der Waals surface area contributed by atoms with Crippen molar-refractivity contribution in [1.29, 1.82) is 5.26 Å². The first-order valence-corrected chi connectivity index (χ1v) is 6.37. The zero-order chi connectivity index (χ0) is 14.1. The van der Waals surface area contributed by atoms with Gasteiger partial charge in [-0.1, -0.05) is 11.6 Å². The molecule has 0 radical (unpaired) electrons. The minimum atomic E-state index is -0.156. The third kappa shape index (κ3) is 5.60. The number of benzene rings is 1. The molecule has 0 aliphatic rings. The van der Waals surface area contributed by atoms with E-state index in [0.29, 0.717) is 29.4 Å². The number of nitriles is 1. The number of hydrogen-bond acceptors (Lipinski definition) is 4. The fourth-order valence-corrected chi connectivity index (χ4v) is 1.74. The number of hydrazine groups is 1. The van der Waals surface area contributed by atoms with Crippen LogP contribution in [0.1, 0.15) is 31.2 Å². The molecule has 0 saturated heterocycles. The Labute approximate surface area is 117 Å². The second-order valence-electron chi connectivity index (χ2n) is 3.98. The maximum absolute atomic E-state index is 10.9. The first-order valence-electron chi connectivity index (χ1n) is 5.99. The van der Waals surface area contributed by atoms with Gasteiger partial charge in [-0.15, -0.1) is 0 Å². The number of ether oxygens (including phenoxy) is 1. The highest BCUT2D eigenvalue weighted by Gasteiger charge is 2.03. The average molecular weight is 282 g/mol. The number of carbonyl (C=O) groups excluding carboxylic acids is 1. The monoisotopic (exact) mass is 281 g/mol. The number of nitrogens with one attached hydrogen (secondary N) is 1. The number of unbranched alkanes of at least 4 members (excludes halogenated alkanes) is 2. The van der Waals surface area contributed by atoms with Crippen molar-refractivity contribution in [3.8, 4) is 11.8 Å². The number of nitrogens with two attached hydrogens (primary N) is 1. The van der Waals surface area contributed by atoms with Crippen LogP contribution in [0.25, 0.3) is 0 Å². The molecule has 6 heteroatoms. The van der Waals surface area contributed by atoms with Crippen LogP contribution in [0.2, 0.25) is 5.02 Å². The van der Waals surface area contributed by atoms with E-state index in [4.69, 9.17) is 27.4 Å². The second-order valence-corrected chi connectivity index (χ2v) is 4.39. The van der Waals surface area contributed by atoms with E-state index >= 15 is 0 Å². The molecule has 1 amide bonds. The molecule has 0 spiro atoms. The first-order chi connectivity index (χ1) is 9.17. The summed E-state index contributed by atoms with van der Waals surface area (Å²) >= 11 is 5.97. The van der Waals surface area contributed by atoms with Crippen molar-refractivity contribution >= 4 is 17.5 Å². The van der Waals surface area contributed by atoms with E-state index in [0.717, 1.165) is 19.3 Å². The molecule has 1 aromatic carbocycles. The Balaban J connectivity index is 2.23. The topological polar surface area (TPSA) is 88.1 Å². The predicted molar refractivity (Wildman–Crippen MR) is 72.5 cm³/mol. The Hall–Kier alpha value is -1.77. The summed E-state index contributed by atoms with van der Waals surface area (Å²) in [5.74, 6) is 5.38. The first kappa shape index (κ1) is 15.3. The molecule has 5 nitrogen and oxygen atoms in total. The van der Waals surface area contributed by atoms with Gasteiger partial charge in [0, 0.05) is 6.42 Å². The highest BCUT2D eigenvalue weighted by molar-refractivity contribution is 6.32. The van der Waals surface area contributed by atoms with Crippen LogP contribution in [0.5, 0.6) is 5.75 Å². The van der Waals surface area contributed by atoms with Crippen LogP contribution < -0.4 is 16.0 Å². The number of nitrogens with zero attached hydrogens (tertiary/aromatic N) is 1. The molecule has 1 rings (SSSR count). The Bertz CT molecular complexity index is 471. The van der Waals surface area contributed by atoms with Gasteiger partial charge in [0.25, 0.3) is 0 Å². The van der Waals surface area contributed by atoms with Crippen LogP contribution in [0.4, 0.5) is 0 Å². The molecule has 0 atom stereocenters. The quantitative estimate of drug-likeness (QED) is 0.347. The molecule has 0 saturated carbocycles. The molecule has 0 bridgehead atoms. The van der Waals surface area contributed by atoms with Crippen LogP contribution in [0.3, 0.4) is 0 Å². The molecule has 0 fully saturated rings. The van der Waals surface area contributed by atoms with E-state index in [1.165, 1.54) is 0 Å². The van der Waals surface area contributed by atoms with Crippen molar-refractivity contribution in [2.45, 2.75) is 25.7 Å². The van der Waals surface area contributed by atoms with Gasteiger partial charge >= 0.3 is 0 Å². The number of halogens is 1. The summed E-state index contributed by atoms with van der Waals surface area (Å²) in [7, 11) is 0. The smallest absolute Gasteiger partial charge is 0.233 e. The number of amides is 1. The zero-order valence-corrected chi connectivity index (χ0v) is 11.2. The van der Waals surface area contributed by atoms with E-state index in [1.807, 2.05) is 6.07 Å². The second kappa shape index (κ2) is 8.35. The number of carbonyl (C=O) groups is 1. The lowest BCUT2D eigenvalue weighted by atomic mass is 10.2. The number of hydrogen-bond donors (Lipinski definition) is 2. The molecule has 0 aromatic heterocycles. The van der Waals surface area contributed by atoms with Crippen LogP contribution in [-0.2, 0) is 4.79 Å². The highest BCUT2D eigenvalue weighted by Crippen LogP contribution is 2.25. The molecule has 19 heavy (non-hydrogen) atoms. The van der Waals surface area contributed by atoms with Crippen molar-refractivity contribution in [3.63, 3.8) is 0 Å². The highest BCUT2D eigenvalue weighted by atomic mass is 35.5. The van der Waals surface area contributed by atoms with Crippen LogP contribution in [0.15, 0.2) is 18.2 Å². The Morgan fingerprint density at radius 1 is 1.42 bits per heavy atom. The molecule has 0 unspecified atom stereocenters. The molecule has 0 heterocycles. The summed E-state index contributed by atoms with van der Waals surface area (Å²) in [6.07, 6.45) is 2.90. The minimum Gasteiger partial charge on any atom is -0.492 e. The van der Waals surface area contributed by atoms with E-state index in [-0.39, 0.29) is 5.91 Å². The van der Waals surface area contributed by atoms with Gasteiger partial charge in [-0.3, -0.25) is 10.2 Å². The fourth-order valence-electron chi connectivity index (χ4n) is 1.51. The predicted octanol–water partition coefficient (Wildman–Crippen LogP) is 2.14. The lowest BCUT2D eigenvalue weighted by molar-refractivity contribution is -0.121. The standard InChI is InChI=1S/C13H16ClN3O2/c14-11-8-10(9-15)5-6-12(11)19-7-3-1-2-4-13(18)17-16/h5-6,8H,1-4,7,16H2,(H,17,18). The SMILES string of the molecule is N#Cc1ccc(OCCCCCC(=O)NN)c(Cl)c1. The van der Waals surface area contributed by atoms with E-state index in [2.05, 4.69) is 5.43 Å². The van der Waals surface area contributed by atoms with Gasteiger partial charge in [-0.25, -0.2) is 5.84 Å². The maximum Gasteiger partial charge on any atom is 0.233 e. The summed E-state index contributed by atoms with van der Waals surface area (Å²) in [6, 6.07) is 6.92. The lowest BCUT2D eigenvalue weighted by Crippen LogP contribution is -2.29. The molecule has 0 aliphatic heterocycles. The van der Waals surface area contributed by atoms with Gasteiger partial charge in [0.1, 0.15) is 5.75 Å². The van der Waals surface area contributed by atoms with Crippen LogP contribution in [0, 0.1) is 11.3 Å². The Kier molecular flexibility index (Phi) is 6.72. The molecule has 0 aliphatic carbocycles. The van der Waals surface area contributed by atoms with E-state index in [9.17, 15) is 4.79 Å². The lowest BCUT2D eigenvalue weighted by Gasteiger charge is -2.07. The Morgan fingerprint density at radius 3 is 2.84 bits per heavy atom. The van der Waals surface area contributed by atoms with Gasteiger partial charge in [-0.2, -0.15) is 5.26 Å². The van der Waals surface area contributed by atoms with Gasteiger partial charge < -0.3 is 4.74 Å². The summed E-state index contributed by atoms with van der Waals surface area (Å²) < 4.78 is 5.50. The minimum absolute atomic E-state index is 0.156. The molecule has 3 N–H and O–H groups in total. The van der Waals surface area contributed by atoms with Crippen molar-refractivity contribution in [3.05, 3.63) is 28.8 Å². The average Bonchev–Trinajstić information content (AvgIpc) is 2.43. The van der Waals surface area contributed by atoms with Crippen LogP contribution in [-0.4, -0.2) is 12.5 Å². The number of rotatable bonds is 7. The Morgan fingerprint density at radius 2 is 2.21 bits per heavy atom. The van der Waals surface area contributed by atoms with Crippen molar-refractivity contribution in [1.82, 2.24) is 5.43 Å². The summed E-state index contributed by atoms with van der Waals surface area (Å²) in [6.45, 7) is 0.524. The van der Waals surface area contributed by atoms with Gasteiger partial charge in [0.15, 0.2) is 0 Å². The van der Waals surface area contributed by atoms with Crippen molar-refractivity contribution in [2.75, 3.05) is 6.61 Å². The third-order valence-corrected chi connectivity index (χ3v) is 2.82. The van der Waals surface area contributed by atoms with Gasteiger partial charge in [0.05, 0.1) is 23.3 Å². The fraction of sp³-hybridized carbons (Fsp3) is 0.385. The third-order valence-electron chi connectivity index (χ3n) is 2.53. The van der Waals surface area contributed by atoms with E-state index < -0.39 is 0 Å². The summed E-state index contributed by atoms with van der Waals surface area (Å²) in [5.41, 5.74) is 2.59. The normalized spacial score (nSPS) is 9.74. The van der Waals surface area contributed by atoms with Crippen molar-refractivity contribution in [2.24, 2.45) is 5.84 Å². The van der Waals surface area contributed by atoms with Gasteiger partial charge in [0.2, 0.25) is 5.91 Å². The maximum atomic E-state index is 10.9. The van der Waals surface area contributed by atoms with E-state index in [1.54, 1.807) is 18.2 Å². The van der Waals surface area contributed by atoms with Gasteiger partial charge in [-0.05, 0) is 37.5 Å². The summed E-state index contributed by atoms with van der Waals surface area (Å²) in [5, 5.41) is 9.13. The van der Waals surface area contributed by atoms with Crippen LogP contribution >= 0.6 is 11.6 Å². The summed E-state index contributed by atoms with van der Waals surface area (Å²) in [4.78, 5) is 10.9. The molecule has 1 aromatic rings. The van der Waals surface area contributed by atoms with Crippen molar-refractivity contribution < 1.29 is 9.53 Å². The molecular formula is C13H16ClN3O2.